The normalized spacial score (nSPS) is 10.7. The molecule has 6 nitrogen and oxygen atoms in total. The van der Waals surface area contributed by atoms with Crippen molar-refractivity contribution in [1.82, 2.24) is 9.38 Å². The highest BCUT2D eigenvalue weighted by atomic mass is 16.5. The van der Waals surface area contributed by atoms with Crippen molar-refractivity contribution in [2.24, 2.45) is 0 Å². The van der Waals surface area contributed by atoms with Gasteiger partial charge in [-0.1, -0.05) is 42.5 Å². The van der Waals surface area contributed by atoms with Crippen molar-refractivity contribution in [3.05, 3.63) is 90.6 Å². The molecule has 0 radical (unpaired) electrons. The van der Waals surface area contributed by atoms with Crippen molar-refractivity contribution in [2.45, 2.75) is 13.3 Å². The van der Waals surface area contributed by atoms with E-state index in [1.165, 1.54) is 0 Å². The van der Waals surface area contributed by atoms with E-state index < -0.39 is 0 Å². The number of aryl methyl sites for hydroxylation is 1. The quantitative estimate of drug-likeness (QED) is 0.399. The molecule has 0 saturated heterocycles. The van der Waals surface area contributed by atoms with E-state index >= 15 is 0 Å². The number of ether oxygens (including phenoxy) is 2. The molecule has 1 N–H and O–H groups in total. The van der Waals surface area contributed by atoms with E-state index in [1.54, 1.807) is 13.2 Å². The molecule has 32 heavy (non-hydrogen) atoms. The maximum Gasteiger partial charge on any atom is 0.263 e. The Balaban J connectivity index is 1.57. The van der Waals surface area contributed by atoms with Crippen LogP contribution in [0.4, 0.5) is 5.82 Å². The molecule has 0 bridgehead atoms. The Kier molecular flexibility index (Phi) is 6.22. The molecule has 1 amide bonds. The fourth-order valence-electron chi connectivity index (χ4n) is 3.50. The number of hydrogen-bond donors (Lipinski definition) is 1. The topological polar surface area (TPSA) is 64.9 Å². The number of rotatable bonds is 8. The second kappa shape index (κ2) is 9.39. The van der Waals surface area contributed by atoms with Crippen molar-refractivity contribution in [3.8, 4) is 22.8 Å². The molecule has 4 aromatic rings. The molecule has 0 aliphatic rings. The number of hydrogen-bond acceptors (Lipinski definition) is 4. The molecular weight excluding hydrogens is 402 g/mol. The first kappa shape index (κ1) is 21.2. The van der Waals surface area contributed by atoms with E-state index in [4.69, 9.17) is 14.5 Å². The number of carbonyl (C=O) groups is 1. The van der Waals surface area contributed by atoms with Crippen molar-refractivity contribution >= 4 is 17.4 Å². The predicted octanol–water partition coefficient (Wildman–Crippen LogP) is 5.06. The van der Waals surface area contributed by atoms with Gasteiger partial charge >= 0.3 is 0 Å². The Bertz CT molecular complexity index is 1260. The molecule has 0 saturated carbocycles. The van der Waals surface area contributed by atoms with Crippen LogP contribution in [0, 0.1) is 6.92 Å². The van der Waals surface area contributed by atoms with Crippen LogP contribution in [0.2, 0.25) is 0 Å². The molecule has 0 unspecified atom stereocenters. The lowest BCUT2D eigenvalue weighted by Gasteiger charge is -2.12. The van der Waals surface area contributed by atoms with Gasteiger partial charge in [-0.2, -0.15) is 0 Å². The Morgan fingerprint density at radius 3 is 2.69 bits per heavy atom. The molecule has 0 spiro atoms. The first-order valence-corrected chi connectivity index (χ1v) is 10.3. The van der Waals surface area contributed by atoms with Crippen molar-refractivity contribution in [1.29, 1.82) is 0 Å². The fraction of sp³-hybridized carbons (Fsp3) is 0.154. The summed E-state index contributed by atoms with van der Waals surface area (Å²) in [6.07, 6.45) is 4.46. The predicted molar refractivity (Wildman–Crippen MR) is 126 cm³/mol. The third-order valence-electron chi connectivity index (χ3n) is 5.05. The zero-order valence-electron chi connectivity index (χ0n) is 18.2. The third-order valence-corrected chi connectivity index (χ3v) is 5.05. The average molecular weight is 428 g/mol. The van der Waals surface area contributed by atoms with Crippen molar-refractivity contribution in [2.75, 3.05) is 19.0 Å². The number of amides is 1. The minimum atomic E-state index is -0.290. The molecule has 0 aliphatic heterocycles. The van der Waals surface area contributed by atoms with Gasteiger partial charge in [0.15, 0.2) is 18.1 Å². The zero-order chi connectivity index (χ0) is 22.5. The summed E-state index contributed by atoms with van der Waals surface area (Å²) >= 11 is 0. The maximum absolute atomic E-state index is 12.8. The number of allylic oxidation sites excluding steroid dienone is 1. The first-order chi connectivity index (χ1) is 15.6. The number of imidazole rings is 1. The SMILES string of the molecule is C=CCc1ccc(OCC(=O)Nc2c(-c3ccccc3)nc3cc(C)ccn23)c(OC)c1. The van der Waals surface area contributed by atoms with Gasteiger partial charge in [-0.15, -0.1) is 6.58 Å². The maximum atomic E-state index is 12.8. The summed E-state index contributed by atoms with van der Waals surface area (Å²) in [5.74, 6) is 1.40. The monoisotopic (exact) mass is 427 g/mol. The zero-order valence-corrected chi connectivity index (χ0v) is 18.2. The Labute approximate surface area is 187 Å². The summed E-state index contributed by atoms with van der Waals surface area (Å²) in [5.41, 5.74) is 4.54. The standard InChI is InChI=1S/C26H25N3O3/c1-4-8-19-11-12-21(22(16-19)31-3)32-17-24(30)28-26-25(20-9-6-5-7-10-20)27-23-15-18(2)13-14-29(23)26/h4-7,9-16H,1,8,17H2,2-3H3,(H,28,30). The molecular formula is C26H25N3O3. The number of benzene rings is 2. The number of nitrogens with zero attached hydrogens (tertiary/aromatic N) is 2. The molecule has 2 aromatic carbocycles. The van der Waals surface area contributed by atoms with Gasteiger partial charge in [0.05, 0.1) is 7.11 Å². The van der Waals surface area contributed by atoms with Gasteiger partial charge in [-0.3, -0.25) is 9.20 Å². The Morgan fingerprint density at radius 1 is 1.12 bits per heavy atom. The van der Waals surface area contributed by atoms with Crippen LogP contribution < -0.4 is 14.8 Å². The van der Waals surface area contributed by atoms with Crippen LogP contribution in [-0.4, -0.2) is 29.0 Å². The van der Waals surface area contributed by atoms with Crippen LogP contribution in [0.5, 0.6) is 11.5 Å². The lowest BCUT2D eigenvalue weighted by Crippen LogP contribution is -2.21. The second-order valence-corrected chi connectivity index (χ2v) is 7.42. The Morgan fingerprint density at radius 2 is 1.94 bits per heavy atom. The number of methoxy groups -OCH3 is 1. The first-order valence-electron chi connectivity index (χ1n) is 10.3. The number of fused-ring (bicyclic) bond motifs is 1. The van der Waals surface area contributed by atoms with E-state index in [0.29, 0.717) is 23.0 Å². The second-order valence-electron chi connectivity index (χ2n) is 7.42. The summed E-state index contributed by atoms with van der Waals surface area (Å²) in [4.78, 5) is 17.6. The summed E-state index contributed by atoms with van der Waals surface area (Å²) in [6.45, 7) is 5.60. The Hall–Kier alpha value is -4.06. The van der Waals surface area contributed by atoms with Crippen LogP contribution in [0.15, 0.2) is 79.5 Å². The summed E-state index contributed by atoms with van der Waals surface area (Å²) in [5, 5.41) is 2.97. The minimum Gasteiger partial charge on any atom is -0.493 e. The van der Waals surface area contributed by atoms with Gasteiger partial charge in [0.1, 0.15) is 17.2 Å². The van der Waals surface area contributed by atoms with E-state index in [9.17, 15) is 4.79 Å². The number of aromatic nitrogens is 2. The van der Waals surface area contributed by atoms with Crippen LogP contribution in [-0.2, 0) is 11.2 Å². The molecule has 2 heterocycles. The van der Waals surface area contributed by atoms with Gasteiger partial charge in [0, 0.05) is 11.8 Å². The largest absolute Gasteiger partial charge is 0.493 e. The van der Waals surface area contributed by atoms with Crippen molar-refractivity contribution < 1.29 is 14.3 Å². The number of pyridine rings is 1. The fourth-order valence-corrected chi connectivity index (χ4v) is 3.50. The highest BCUT2D eigenvalue weighted by Crippen LogP contribution is 2.30. The summed E-state index contributed by atoms with van der Waals surface area (Å²) < 4.78 is 13.0. The number of anilines is 1. The summed E-state index contributed by atoms with van der Waals surface area (Å²) in [7, 11) is 1.58. The van der Waals surface area contributed by atoms with Crippen LogP contribution >= 0.6 is 0 Å². The summed E-state index contributed by atoms with van der Waals surface area (Å²) in [6, 6.07) is 19.4. The number of nitrogens with one attached hydrogen (secondary N) is 1. The highest BCUT2D eigenvalue weighted by molar-refractivity contribution is 5.95. The molecule has 2 aromatic heterocycles. The smallest absolute Gasteiger partial charge is 0.263 e. The van der Waals surface area contributed by atoms with Gasteiger partial charge in [-0.05, 0) is 48.7 Å². The van der Waals surface area contributed by atoms with Gasteiger partial charge < -0.3 is 14.8 Å². The molecule has 6 heteroatoms. The third kappa shape index (κ3) is 4.49. The molecule has 4 rings (SSSR count). The minimum absolute atomic E-state index is 0.162. The lowest BCUT2D eigenvalue weighted by atomic mass is 10.1. The van der Waals surface area contributed by atoms with Crippen LogP contribution in [0.25, 0.3) is 16.9 Å². The van der Waals surface area contributed by atoms with Gasteiger partial charge in [0.2, 0.25) is 0 Å². The van der Waals surface area contributed by atoms with Crippen LogP contribution in [0.1, 0.15) is 11.1 Å². The molecule has 0 fully saturated rings. The molecule has 162 valence electrons. The van der Waals surface area contributed by atoms with E-state index in [1.807, 2.05) is 78.2 Å². The van der Waals surface area contributed by atoms with E-state index in [2.05, 4.69) is 11.9 Å². The van der Waals surface area contributed by atoms with Crippen LogP contribution in [0.3, 0.4) is 0 Å². The highest BCUT2D eigenvalue weighted by Gasteiger charge is 2.17. The number of carbonyl (C=O) groups excluding carboxylic acids is 1. The molecule has 0 aliphatic carbocycles. The molecule has 0 atom stereocenters. The van der Waals surface area contributed by atoms with E-state index in [0.717, 1.165) is 28.8 Å². The lowest BCUT2D eigenvalue weighted by molar-refractivity contribution is -0.118. The van der Waals surface area contributed by atoms with E-state index in [-0.39, 0.29) is 12.5 Å². The average Bonchev–Trinajstić information content (AvgIpc) is 3.16. The van der Waals surface area contributed by atoms with Gasteiger partial charge in [0.25, 0.3) is 5.91 Å². The van der Waals surface area contributed by atoms with Crippen molar-refractivity contribution in [3.63, 3.8) is 0 Å². The van der Waals surface area contributed by atoms with Gasteiger partial charge in [-0.25, -0.2) is 4.98 Å².